The standard InChI is InChI=1S/C16H19NO2/c1-2-8-14(16(19)11-6-7-12-16)15(18)17-13-9-4-3-5-10-13/h2-6,8-11,14,19H,7,12H2,1H3,(H,17,18)/b8-2+. The molecule has 0 bridgehead atoms. The Morgan fingerprint density at radius 3 is 2.74 bits per heavy atom. The maximum atomic E-state index is 12.3. The second-order valence-corrected chi connectivity index (χ2v) is 4.79. The van der Waals surface area contributed by atoms with Crippen molar-refractivity contribution >= 4 is 11.6 Å². The summed E-state index contributed by atoms with van der Waals surface area (Å²) in [7, 11) is 0. The SMILES string of the molecule is C/C=C/C(C(=O)Nc1ccccc1)C1(O)C=CCC1. The zero-order valence-electron chi connectivity index (χ0n) is 11.0. The highest BCUT2D eigenvalue weighted by atomic mass is 16.3. The van der Waals surface area contributed by atoms with Gasteiger partial charge in [0.1, 0.15) is 0 Å². The summed E-state index contributed by atoms with van der Waals surface area (Å²) < 4.78 is 0. The number of anilines is 1. The largest absolute Gasteiger partial charge is 0.385 e. The molecule has 3 heteroatoms. The first-order valence-electron chi connectivity index (χ1n) is 6.54. The quantitative estimate of drug-likeness (QED) is 0.815. The van der Waals surface area contributed by atoms with E-state index in [1.807, 2.05) is 43.3 Å². The highest BCUT2D eigenvalue weighted by Crippen LogP contribution is 2.32. The van der Waals surface area contributed by atoms with Crippen LogP contribution in [-0.2, 0) is 4.79 Å². The highest BCUT2D eigenvalue weighted by molar-refractivity contribution is 5.94. The van der Waals surface area contributed by atoms with Crippen molar-refractivity contribution in [3.63, 3.8) is 0 Å². The van der Waals surface area contributed by atoms with Gasteiger partial charge in [-0.2, -0.15) is 0 Å². The van der Waals surface area contributed by atoms with Gasteiger partial charge < -0.3 is 10.4 Å². The molecule has 2 rings (SSSR count). The minimum atomic E-state index is -1.06. The number of carbonyl (C=O) groups is 1. The number of rotatable bonds is 4. The molecule has 0 aliphatic heterocycles. The Morgan fingerprint density at radius 1 is 1.42 bits per heavy atom. The summed E-state index contributed by atoms with van der Waals surface area (Å²) in [6, 6.07) is 9.29. The molecule has 3 nitrogen and oxygen atoms in total. The van der Waals surface area contributed by atoms with E-state index in [-0.39, 0.29) is 5.91 Å². The van der Waals surface area contributed by atoms with Crippen LogP contribution in [-0.4, -0.2) is 16.6 Å². The van der Waals surface area contributed by atoms with Crippen molar-refractivity contribution in [2.45, 2.75) is 25.4 Å². The van der Waals surface area contributed by atoms with E-state index in [4.69, 9.17) is 0 Å². The van der Waals surface area contributed by atoms with Crippen LogP contribution >= 0.6 is 0 Å². The number of carbonyl (C=O) groups excluding carboxylic acids is 1. The first-order valence-corrected chi connectivity index (χ1v) is 6.54. The van der Waals surface area contributed by atoms with Crippen LogP contribution in [0.15, 0.2) is 54.6 Å². The summed E-state index contributed by atoms with van der Waals surface area (Å²) in [5.41, 5.74) is -0.321. The maximum absolute atomic E-state index is 12.3. The lowest BCUT2D eigenvalue weighted by molar-refractivity contribution is -0.123. The van der Waals surface area contributed by atoms with Gasteiger partial charge in [-0.3, -0.25) is 4.79 Å². The van der Waals surface area contributed by atoms with Crippen LogP contribution in [0.25, 0.3) is 0 Å². The highest BCUT2D eigenvalue weighted by Gasteiger charge is 2.39. The Balaban J connectivity index is 2.16. The van der Waals surface area contributed by atoms with E-state index in [9.17, 15) is 9.90 Å². The lowest BCUT2D eigenvalue weighted by atomic mass is 9.85. The molecule has 1 aromatic rings. The van der Waals surface area contributed by atoms with E-state index in [1.165, 1.54) is 0 Å². The number of hydrogen-bond donors (Lipinski definition) is 2. The van der Waals surface area contributed by atoms with E-state index in [2.05, 4.69) is 5.32 Å². The third-order valence-corrected chi connectivity index (χ3v) is 3.37. The first-order chi connectivity index (χ1) is 9.15. The molecule has 0 heterocycles. The average molecular weight is 257 g/mol. The summed E-state index contributed by atoms with van der Waals surface area (Å²) >= 11 is 0. The van der Waals surface area contributed by atoms with E-state index >= 15 is 0 Å². The summed E-state index contributed by atoms with van der Waals surface area (Å²) in [5, 5.41) is 13.4. The molecule has 1 aromatic carbocycles. The van der Waals surface area contributed by atoms with Crippen LogP contribution < -0.4 is 5.32 Å². The fourth-order valence-corrected chi connectivity index (χ4v) is 2.36. The van der Waals surface area contributed by atoms with Gasteiger partial charge in [0.05, 0.1) is 11.5 Å². The molecule has 2 atom stereocenters. The predicted octanol–water partition coefficient (Wildman–Crippen LogP) is 2.90. The fraction of sp³-hybridized carbons (Fsp3) is 0.312. The molecule has 0 aromatic heterocycles. The average Bonchev–Trinajstić information content (AvgIpc) is 2.84. The number of hydrogen-bond acceptors (Lipinski definition) is 2. The van der Waals surface area contributed by atoms with Gasteiger partial charge in [0.15, 0.2) is 0 Å². The molecule has 100 valence electrons. The molecule has 1 aliphatic rings. The Labute approximate surface area is 113 Å². The van der Waals surface area contributed by atoms with E-state index in [0.717, 1.165) is 12.1 Å². The Kier molecular flexibility index (Phi) is 4.17. The van der Waals surface area contributed by atoms with Crippen molar-refractivity contribution in [3.05, 3.63) is 54.6 Å². The van der Waals surface area contributed by atoms with Crippen LogP contribution in [0, 0.1) is 5.92 Å². The molecular weight excluding hydrogens is 238 g/mol. The van der Waals surface area contributed by atoms with Gasteiger partial charge in [-0.25, -0.2) is 0 Å². The minimum absolute atomic E-state index is 0.182. The van der Waals surface area contributed by atoms with E-state index < -0.39 is 11.5 Å². The number of nitrogens with one attached hydrogen (secondary N) is 1. The van der Waals surface area contributed by atoms with E-state index in [0.29, 0.717) is 6.42 Å². The van der Waals surface area contributed by atoms with Gasteiger partial charge in [-0.15, -0.1) is 0 Å². The first kappa shape index (κ1) is 13.6. The maximum Gasteiger partial charge on any atom is 0.234 e. The zero-order valence-corrected chi connectivity index (χ0v) is 11.0. The summed E-state index contributed by atoms with van der Waals surface area (Å²) in [6.45, 7) is 1.85. The molecule has 0 saturated heterocycles. The van der Waals surface area contributed by atoms with Crippen LogP contribution in [0.3, 0.4) is 0 Å². The van der Waals surface area contributed by atoms with Gasteiger partial charge in [0.2, 0.25) is 5.91 Å². The van der Waals surface area contributed by atoms with Crippen LogP contribution in [0.4, 0.5) is 5.69 Å². The minimum Gasteiger partial charge on any atom is -0.385 e. The topological polar surface area (TPSA) is 49.3 Å². The van der Waals surface area contributed by atoms with Gasteiger partial charge in [0, 0.05) is 5.69 Å². The van der Waals surface area contributed by atoms with Gasteiger partial charge in [-0.05, 0) is 31.9 Å². The third kappa shape index (κ3) is 3.12. The smallest absolute Gasteiger partial charge is 0.234 e. The lowest BCUT2D eigenvalue weighted by Crippen LogP contribution is -2.40. The van der Waals surface area contributed by atoms with Crippen molar-refractivity contribution < 1.29 is 9.90 Å². The predicted molar refractivity (Wildman–Crippen MR) is 76.7 cm³/mol. The van der Waals surface area contributed by atoms with Gasteiger partial charge in [0.25, 0.3) is 0 Å². The van der Waals surface area contributed by atoms with Crippen LogP contribution in [0.1, 0.15) is 19.8 Å². The number of para-hydroxylation sites is 1. The van der Waals surface area contributed by atoms with Crippen molar-refractivity contribution in [2.24, 2.45) is 5.92 Å². The molecular formula is C16H19NO2. The molecule has 1 amide bonds. The second-order valence-electron chi connectivity index (χ2n) is 4.79. The van der Waals surface area contributed by atoms with E-state index in [1.54, 1.807) is 18.2 Å². The number of allylic oxidation sites excluding steroid dienone is 2. The Bertz CT molecular complexity index is 493. The Hall–Kier alpha value is -1.87. The molecule has 2 N–H and O–H groups in total. The molecule has 0 spiro atoms. The monoisotopic (exact) mass is 257 g/mol. The summed E-state index contributed by atoms with van der Waals surface area (Å²) in [4.78, 5) is 12.3. The number of aliphatic hydroxyl groups is 1. The molecule has 0 saturated carbocycles. The molecule has 1 aliphatic carbocycles. The van der Waals surface area contributed by atoms with Crippen LogP contribution in [0.2, 0.25) is 0 Å². The van der Waals surface area contributed by atoms with Crippen molar-refractivity contribution in [3.8, 4) is 0 Å². The van der Waals surface area contributed by atoms with Crippen molar-refractivity contribution in [1.29, 1.82) is 0 Å². The summed E-state index contributed by atoms with van der Waals surface area (Å²) in [6.07, 6.45) is 8.62. The second kappa shape index (κ2) is 5.85. The van der Waals surface area contributed by atoms with Crippen molar-refractivity contribution in [1.82, 2.24) is 0 Å². The number of benzene rings is 1. The van der Waals surface area contributed by atoms with Gasteiger partial charge >= 0.3 is 0 Å². The molecule has 19 heavy (non-hydrogen) atoms. The normalized spacial score (nSPS) is 23.7. The molecule has 0 radical (unpaired) electrons. The van der Waals surface area contributed by atoms with Crippen LogP contribution in [0.5, 0.6) is 0 Å². The molecule has 0 fully saturated rings. The zero-order chi connectivity index (χ0) is 13.7. The number of amides is 1. The van der Waals surface area contributed by atoms with Crippen molar-refractivity contribution in [2.75, 3.05) is 5.32 Å². The fourth-order valence-electron chi connectivity index (χ4n) is 2.36. The third-order valence-electron chi connectivity index (χ3n) is 3.37. The Morgan fingerprint density at radius 2 is 2.16 bits per heavy atom. The summed E-state index contributed by atoms with van der Waals surface area (Å²) in [5.74, 6) is -0.741. The van der Waals surface area contributed by atoms with Gasteiger partial charge in [-0.1, -0.05) is 42.5 Å². The lowest BCUT2D eigenvalue weighted by Gasteiger charge is -2.28. The molecule has 2 unspecified atom stereocenters.